The lowest BCUT2D eigenvalue weighted by Gasteiger charge is -2.19. The van der Waals surface area contributed by atoms with Gasteiger partial charge in [-0.05, 0) is 51.1 Å². The largest absolute Gasteiger partial charge is 0.444 e. The van der Waals surface area contributed by atoms with Gasteiger partial charge in [-0.15, -0.1) is 5.10 Å². The van der Waals surface area contributed by atoms with Gasteiger partial charge in [-0.3, -0.25) is 5.32 Å². The van der Waals surface area contributed by atoms with Crippen molar-refractivity contribution in [3.63, 3.8) is 0 Å². The second-order valence-electron chi connectivity index (χ2n) is 7.42. The molecule has 0 spiro atoms. The van der Waals surface area contributed by atoms with Gasteiger partial charge in [0.05, 0.1) is 11.9 Å². The van der Waals surface area contributed by atoms with Gasteiger partial charge in [-0.25, -0.2) is 23.5 Å². The van der Waals surface area contributed by atoms with Crippen molar-refractivity contribution >= 4 is 22.8 Å². The van der Waals surface area contributed by atoms with Crippen molar-refractivity contribution < 1.29 is 13.9 Å². The average Bonchev–Trinajstić information content (AvgIpc) is 3.30. The lowest BCUT2D eigenvalue weighted by Crippen LogP contribution is -2.27. The van der Waals surface area contributed by atoms with E-state index in [1.807, 2.05) is 12.1 Å². The number of fused-ring (bicyclic) bond motifs is 1. The van der Waals surface area contributed by atoms with Gasteiger partial charge in [-0.2, -0.15) is 5.10 Å². The van der Waals surface area contributed by atoms with E-state index in [1.54, 1.807) is 50.2 Å². The van der Waals surface area contributed by atoms with Crippen LogP contribution in [-0.2, 0) is 4.74 Å². The Morgan fingerprint density at radius 2 is 2.03 bits per heavy atom. The Morgan fingerprint density at radius 3 is 2.76 bits per heavy atom. The molecule has 3 aromatic heterocycles. The number of anilines is 1. The molecule has 29 heavy (non-hydrogen) atoms. The fourth-order valence-corrected chi connectivity index (χ4v) is 2.76. The highest BCUT2D eigenvalue weighted by Gasteiger charge is 2.17. The minimum absolute atomic E-state index is 0.178. The molecule has 1 amide bonds. The highest BCUT2D eigenvalue weighted by atomic mass is 19.1. The van der Waals surface area contributed by atoms with Crippen LogP contribution in [0.5, 0.6) is 0 Å². The molecular weight excluding hydrogens is 375 g/mol. The molecule has 9 heteroatoms. The van der Waals surface area contributed by atoms with E-state index >= 15 is 0 Å². The van der Waals surface area contributed by atoms with Crippen molar-refractivity contribution in [1.29, 1.82) is 0 Å². The minimum atomic E-state index is -0.634. The van der Waals surface area contributed by atoms with Gasteiger partial charge in [0.15, 0.2) is 5.65 Å². The van der Waals surface area contributed by atoms with Gasteiger partial charge in [0.2, 0.25) is 0 Å². The van der Waals surface area contributed by atoms with Gasteiger partial charge in [0.1, 0.15) is 17.1 Å². The van der Waals surface area contributed by atoms with Crippen LogP contribution in [0.4, 0.5) is 14.9 Å². The topological polar surface area (TPSA) is 86.9 Å². The zero-order valence-corrected chi connectivity index (χ0v) is 16.1. The Labute approximate surface area is 165 Å². The molecule has 0 fully saturated rings. The SMILES string of the molecule is CC(C)(C)OC(=O)Nc1ccc(F)c(-n2cc3cc(-n4cccn4)cnc3n2)c1. The summed E-state index contributed by atoms with van der Waals surface area (Å²) in [7, 11) is 0. The predicted molar refractivity (Wildman–Crippen MR) is 106 cm³/mol. The number of halogens is 1. The molecule has 3 heterocycles. The summed E-state index contributed by atoms with van der Waals surface area (Å²) in [4.78, 5) is 16.3. The monoisotopic (exact) mass is 394 g/mol. The number of nitrogens with one attached hydrogen (secondary N) is 1. The quantitative estimate of drug-likeness (QED) is 0.565. The number of nitrogens with zero attached hydrogens (tertiary/aromatic N) is 5. The van der Waals surface area contributed by atoms with Crippen LogP contribution in [0.1, 0.15) is 20.8 Å². The molecule has 0 atom stereocenters. The first-order chi connectivity index (χ1) is 13.8. The summed E-state index contributed by atoms with van der Waals surface area (Å²) in [6, 6.07) is 7.88. The summed E-state index contributed by atoms with van der Waals surface area (Å²) in [6.07, 6.45) is 6.17. The third-order valence-corrected chi connectivity index (χ3v) is 3.95. The van der Waals surface area contributed by atoms with Crippen molar-refractivity contribution in [2.24, 2.45) is 0 Å². The number of carbonyl (C=O) groups is 1. The van der Waals surface area contributed by atoms with Crippen molar-refractivity contribution in [2.75, 3.05) is 5.32 Å². The van der Waals surface area contributed by atoms with Crippen molar-refractivity contribution in [1.82, 2.24) is 24.5 Å². The van der Waals surface area contributed by atoms with E-state index in [2.05, 4.69) is 20.5 Å². The number of amides is 1. The predicted octanol–water partition coefficient (Wildman–Crippen LogP) is 4.09. The zero-order chi connectivity index (χ0) is 20.6. The van der Waals surface area contributed by atoms with E-state index in [1.165, 1.54) is 22.9 Å². The molecule has 4 aromatic rings. The highest BCUT2D eigenvalue weighted by molar-refractivity contribution is 5.85. The average molecular weight is 394 g/mol. The van der Waals surface area contributed by atoms with Gasteiger partial charge >= 0.3 is 6.09 Å². The highest BCUT2D eigenvalue weighted by Crippen LogP contribution is 2.22. The van der Waals surface area contributed by atoms with E-state index in [4.69, 9.17) is 4.74 Å². The van der Waals surface area contributed by atoms with Crippen LogP contribution in [0.25, 0.3) is 22.4 Å². The maximum absolute atomic E-state index is 14.5. The van der Waals surface area contributed by atoms with Crippen LogP contribution >= 0.6 is 0 Å². The van der Waals surface area contributed by atoms with Crippen LogP contribution < -0.4 is 5.32 Å². The number of rotatable bonds is 3. The summed E-state index contributed by atoms with van der Waals surface area (Å²) >= 11 is 0. The number of aromatic nitrogens is 5. The fourth-order valence-electron chi connectivity index (χ4n) is 2.76. The van der Waals surface area contributed by atoms with E-state index in [-0.39, 0.29) is 5.69 Å². The fraction of sp³-hybridized carbons (Fsp3) is 0.200. The Balaban J connectivity index is 1.65. The van der Waals surface area contributed by atoms with E-state index in [0.717, 1.165) is 11.1 Å². The number of ether oxygens (including phenoxy) is 1. The summed E-state index contributed by atoms with van der Waals surface area (Å²) in [5.74, 6) is -0.486. The molecule has 0 aliphatic heterocycles. The standard InChI is InChI=1S/C20H19FN6O2/c1-20(2,3)29-19(28)24-14-5-6-16(21)17(10-14)27-12-13-9-15(11-22-18(13)25-27)26-8-4-7-23-26/h4-12H,1-3H3,(H,24,28). The van der Waals surface area contributed by atoms with Crippen molar-refractivity contribution in [3.05, 3.63) is 60.9 Å². The van der Waals surface area contributed by atoms with E-state index in [0.29, 0.717) is 11.3 Å². The smallest absolute Gasteiger partial charge is 0.412 e. The molecule has 0 aliphatic rings. The molecule has 148 valence electrons. The molecule has 1 N–H and O–H groups in total. The Kier molecular flexibility index (Phi) is 4.50. The molecule has 0 unspecified atom stereocenters. The lowest BCUT2D eigenvalue weighted by molar-refractivity contribution is 0.0636. The number of pyridine rings is 1. The number of benzene rings is 1. The van der Waals surface area contributed by atoms with Crippen LogP contribution in [0.15, 0.2) is 55.1 Å². The number of hydrogen-bond acceptors (Lipinski definition) is 5. The molecule has 8 nitrogen and oxygen atoms in total. The molecule has 0 radical (unpaired) electrons. The van der Waals surface area contributed by atoms with Crippen LogP contribution in [0.3, 0.4) is 0 Å². The first kappa shape index (κ1) is 18.6. The number of carbonyl (C=O) groups excluding carboxylic acids is 1. The Bertz CT molecular complexity index is 1180. The molecule has 0 bridgehead atoms. The number of hydrogen-bond donors (Lipinski definition) is 1. The third-order valence-electron chi connectivity index (χ3n) is 3.95. The Morgan fingerprint density at radius 1 is 1.21 bits per heavy atom. The van der Waals surface area contributed by atoms with Crippen molar-refractivity contribution in [3.8, 4) is 11.4 Å². The molecule has 0 saturated heterocycles. The lowest BCUT2D eigenvalue weighted by atomic mass is 10.2. The van der Waals surface area contributed by atoms with Gasteiger partial charge in [-0.1, -0.05) is 0 Å². The summed E-state index contributed by atoms with van der Waals surface area (Å²) in [5, 5.41) is 11.8. The second-order valence-corrected chi connectivity index (χ2v) is 7.42. The summed E-state index contributed by atoms with van der Waals surface area (Å²) in [5.41, 5.74) is 1.16. The second kappa shape index (κ2) is 7.01. The van der Waals surface area contributed by atoms with Crippen LogP contribution in [-0.4, -0.2) is 36.2 Å². The van der Waals surface area contributed by atoms with Crippen LogP contribution in [0.2, 0.25) is 0 Å². The third kappa shape index (κ3) is 4.08. The van der Waals surface area contributed by atoms with Gasteiger partial charge in [0.25, 0.3) is 0 Å². The maximum Gasteiger partial charge on any atom is 0.412 e. The zero-order valence-electron chi connectivity index (χ0n) is 16.1. The molecular formula is C20H19FN6O2. The van der Waals surface area contributed by atoms with Crippen LogP contribution in [0, 0.1) is 5.82 Å². The van der Waals surface area contributed by atoms with Gasteiger partial charge < -0.3 is 4.74 Å². The normalized spacial score (nSPS) is 11.6. The maximum atomic E-state index is 14.5. The van der Waals surface area contributed by atoms with Crippen molar-refractivity contribution in [2.45, 2.75) is 26.4 Å². The first-order valence-corrected chi connectivity index (χ1v) is 8.94. The van der Waals surface area contributed by atoms with Gasteiger partial charge in [0, 0.05) is 29.7 Å². The Hall–Kier alpha value is -3.75. The molecule has 4 rings (SSSR count). The minimum Gasteiger partial charge on any atom is -0.444 e. The summed E-state index contributed by atoms with van der Waals surface area (Å²) < 4.78 is 22.8. The van der Waals surface area contributed by atoms with E-state index in [9.17, 15) is 9.18 Å². The molecule has 1 aromatic carbocycles. The summed E-state index contributed by atoms with van der Waals surface area (Å²) in [6.45, 7) is 5.30. The van der Waals surface area contributed by atoms with E-state index < -0.39 is 17.5 Å². The first-order valence-electron chi connectivity index (χ1n) is 8.94. The molecule has 0 saturated carbocycles. The molecule has 0 aliphatic carbocycles.